The Bertz CT molecular complexity index is 633. The molecule has 3 rings (SSSR count). The second-order valence-electron chi connectivity index (χ2n) is 6.87. The average Bonchev–Trinajstić information content (AvgIpc) is 2.59. The molecule has 1 aliphatic carbocycles. The molecule has 0 radical (unpaired) electrons. The summed E-state index contributed by atoms with van der Waals surface area (Å²) >= 11 is 0. The van der Waals surface area contributed by atoms with Crippen LogP contribution in [-0.2, 0) is 4.74 Å². The van der Waals surface area contributed by atoms with Crippen molar-refractivity contribution in [1.82, 2.24) is 4.90 Å². The van der Waals surface area contributed by atoms with E-state index in [1.807, 2.05) is 0 Å². The van der Waals surface area contributed by atoms with E-state index < -0.39 is 5.97 Å². The Morgan fingerprint density at radius 1 is 1.12 bits per heavy atom. The number of hydrogen-bond donors (Lipinski definition) is 1. The number of hydrogen-bond acceptors (Lipinski definition) is 5. The lowest BCUT2D eigenvalue weighted by molar-refractivity contribution is 0.0546. The van der Waals surface area contributed by atoms with Gasteiger partial charge in [0.15, 0.2) is 0 Å². The Hall–Kier alpha value is -2.08. The molecule has 136 valence electrons. The molecule has 0 atom stereocenters. The molecule has 6 nitrogen and oxygen atoms in total. The third-order valence-electron chi connectivity index (χ3n) is 5.04. The first-order valence-corrected chi connectivity index (χ1v) is 8.90. The van der Waals surface area contributed by atoms with E-state index in [4.69, 9.17) is 9.47 Å². The maximum Gasteiger partial charge on any atom is 0.338 e. The summed E-state index contributed by atoms with van der Waals surface area (Å²) in [4.78, 5) is 26.4. The molecule has 0 spiro atoms. The zero-order valence-electron chi connectivity index (χ0n) is 14.6. The van der Waals surface area contributed by atoms with E-state index in [1.54, 1.807) is 23.1 Å². The number of esters is 1. The lowest BCUT2D eigenvalue weighted by Crippen LogP contribution is -2.40. The highest BCUT2D eigenvalue weighted by Gasteiger charge is 2.24. The van der Waals surface area contributed by atoms with Gasteiger partial charge in [0.2, 0.25) is 0 Å². The summed E-state index contributed by atoms with van der Waals surface area (Å²) in [6.07, 6.45) is 4.38. The van der Waals surface area contributed by atoms with Gasteiger partial charge in [-0.1, -0.05) is 6.42 Å². The number of ether oxygens (including phenoxy) is 2. The molecule has 25 heavy (non-hydrogen) atoms. The number of benzene rings is 1. The second-order valence-corrected chi connectivity index (χ2v) is 6.87. The van der Waals surface area contributed by atoms with Gasteiger partial charge in [-0.05, 0) is 49.8 Å². The fourth-order valence-electron chi connectivity index (χ4n) is 3.17. The highest BCUT2D eigenvalue weighted by Crippen LogP contribution is 2.28. The molecule has 1 saturated heterocycles. The van der Waals surface area contributed by atoms with E-state index in [2.05, 4.69) is 0 Å². The van der Waals surface area contributed by atoms with Crippen molar-refractivity contribution in [2.75, 3.05) is 26.8 Å². The van der Waals surface area contributed by atoms with Crippen LogP contribution in [0.25, 0.3) is 0 Å². The normalized spacial score (nSPS) is 18.6. The summed E-state index contributed by atoms with van der Waals surface area (Å²) in [7, 11) is 1.32. The molecule has 1 saturated carbocycles. The Balaban J connectivity index is 1.78. The van der Waals surface area contributed by atoms with Gasteiger partial charge >= 0.3 is 5.97 Å². The number of carbonyl (C=O) groups excluding carboxylic acids is 2. The maximum absolute atomic E-state index is 12.8. The number of aliphatic hydroxyl groups is 1. The molecule has 1 N–H and O–H groups in total. The fraction of sp³-hybridized carbons (Fsp3) is 0.579. The van der Waals surface area contributed by atoms with Crippen molar-refractivity contribution in [2.24, 2.45) is 5.92 Å². The van der Waals surface area contributed by atoms with Crippen LogP contribution >= 0.6 is 0 Å². The summed E-state index contributed by atoms with van der Waals surface area (Å²) in [6, 6.07) is 4.87. The summed E-state index contributed by atoms with van der Waals surface area (Å²) in [5.41, 5.74) is 0.733. The SMILES string of the molecule is COC(=O)c1cc(OCC2CCC2)cc(C(=O)N2CCC(O)CC2)c1. The minimum absolute atomic E-state index is 0.147. The van der Waals surface area contributed by atoms with Gasteiger partial charge in [0, 0.05) is 18.7 Å². The standard InChI is InChI=1S/C19H25NO5/c1-24-19(23)15-9-14(18(22)20-7-5-16(21)6-8-20)10-17(11-15)25-12-13-3-2-4-13/h9-11,13,16,21H,2-8,12H2,1H3. The van der Waals surface area contributed by atoms with Crippen LogP contribution < -0.4 is 4.74 Å². The van der Waals surface area contributed by atoms with Crippen molar-refractivity contribution in [1.29, 1.82) is 0 Å². The summed E-state index contributed by atoms with van der Waals surface area (Å²) in [5.74, 6) is 0.447. The van der Waals surface area contributed by atoms with E-state index >= 15 is 0 Å². The molecular weight excluding hydrogens is 322 g/mol. The summed E-state index contributed by atoms with van der Waals surface area (Å²) in [6.45, 7) is 1.63. The molecule has 0 bridgehead atoms. The first-order chi connectivity index (χ1) is 12.1. The van der Waals surface area contributed by atoms with Crippen LogP contribution in [0.4, 0.5) is 0 Å². The number of carbonyl (C=O) groups is 2. The van der Waals surface area contributed by atoms with Crippen LogP contribution in [0.3, 0.4) is 0 Å². The Morgan fingerprint density at radius 2 is 1.80 bits per heavy atom. The highest BCUT2D eigenvalue weighted by atomic mass is 16.5. The largest absolute Gasteiger partial charge is 0.493 e. The minimum Gasteiger partial charge on any atom is -0.493 e. The fourth-order valence-corrected chi connectivity index (χ4v) is 3.17. The van der Waals surface area contributed by atoms with Crippen LogP contribution in [0.2, 0.25) is 0 Å². The van der Waals surface area contributed by atoms with E-state index in [1.165, 1.54) is 26.4 Å². The van der Waals surface area contributed by atoms with Crippen molar-refractivity contribution in [2.45, 2.75) is 38.2 Å². The van der Waals surface area contributed by atoms with Crippen LogP contribution in [0.1, 0.15) is 52.8 Å². The maximum atomic E-state index is 12.8. The van der Waals surface area contributed by atoms with Gasteiger partial charge in [-0.3, -0.25) is 4.79 Å². The number of likely N-dealkylation sites (tertiary alicyclic amines) is 1. The predicted molar refractivity (Wildman–Crippen MR) is 91.8 cm³/mol. The van der Waals surface area contributed by atoms with Crippen molar-refractivity contribution in [3.8, 4) is 5.75 Å². The van der Waals surface area contributed by atoms with Gasteiger partial charge in [0.1, 0.15) is 5.75 Å². The molecule has 1 heterocycles. The number of methoxy groups -OCH3 is 1. The molecule has 2 fully saturated rings. The molecule has 2 aliphatic rings. The van der Waals surface area contributed by atoms with Gasteiger partial charge in [0.05, 0.1) is 25.4 Å². The Kier molecular flexibility index (Phi) is 5.58. The van der Waals surface area contributed by atoms with Crippen LogP contribution in [0, 0.1) is 5.92 Å². The van der Waals surface area contributed by atoms with Crippen LogP contribution in [-0.4, -0.2) is 54.8 Å². The highest BCUT2D eigenvalue weighted by molar-refractivity contribution is 5.98. The molecule has 1 aromatic carbocycles. The summed E-state index contributed by atoms with van der Waals surface area (Å²) in [5, 5.41) is 9.60. The topological polar surface area (TPSA) is 76.1 Å². The number of aliphatic hydroxyl groups excluding tert-OH is 1. The Morgan fingerprint density at radius 3 is 2.40 bits per heavy atom. The molecule has 1 aromatic rings. The number of rotatable bonds is 5. The van der Waals surface area contributed by atoms with Crippen LogP contribution in [0.5, 0.6) is 5.75 Å². The molecule has 1 aliphatic heterocycles. The van der Waals surface area contributed by atoms with Crippen LogP contribution in [0.15, 0.2) is 18.2 Å². The molecule has 0 unspecified atom stereocenters. The van der Waals surface area contributed by atoms with E-state index in [9.17, 15) is 14.7 Å². The first-order valence-electron chi connectivity index (χ1n) is 8.90. The minimum atomic E-state index is -0.489. The predicted octanol–water partition coefficient (Wildman–Crippen LogP) is 2.25. The molecule has 1 amide bonds. The zero-order valence-corrected chi connectivity index (χ0v) is 14.6. The third-order valence-corrected chi connectivity index (χ3v) is 5.04. The lowest BCUT2D eigenvalue weighted by atomic mass is 9.86. The van der Waals surface area contributed by atoms with Crippen molar-refractivity contribution >= 4 is 11.9 Å². The quantitative estimate of drug-likeness (QED) is 0.827. The molecule has 6 heteroatoms. The van der Waals surface area contributed by atoms with Gasteiger partial charge in [-0.2, -0.15) is 0 Å². The number of amides is 1. The smallest absolute Gasteiger partial charge is 0.338 e. The van der Waals surface area contributed by atoms with Gasteiger partial charge in [-0.15, -0.1) is 0 Å². The molecule has 0 aromatic heterocycles. The zero-order chi connectivity index (χ0) is 17.8. The number of piperidine rings is 1. The number of nitrogens with zero attached hydrogens (tertiary/aromatic N) is 1. The van der Waals surface area contributed by atoms with Crippen molar-refractivity contribution < 1.29 is 24.2 Å². The average molecular weight is 347 g/mol. The van der Waals surface area contributed by atoms with E-state index in [0.717, 1.165) is 0 Å². The summed E-state index contributed by atoms with van der Waals surface area (Å²) < 4.78 is 10.6. The van der Waals surface area contributed by atoms with Gasteiger partial charge < -0.3 is 19.5 Å². The van der Waals surface area contributed by atoms with E-state index in [0.29, 0.717) is 55.3 Å². The van der Waals surface area contributed by atoms with E-state index in [-0.39, 0.29) is 12.0 Å². The van der Waals surface area contributed by atoms with Crippen molar-refractivity contribution in [3.63, 3.8) is 0 Å². The monoisotopic (exact) mass is 347 g/mol. The van der Waals surface area contributed by atoms with Gasteiger partial charge in [0.25, 0.3) is 5.91 Å². The molecular formula is C19H25NO5. The van der Waals surface area contributed by atoms with Gasteiger partial charge in [-0.25, -0.2) is 4.79 Å². The Labute approximate surface area is 147 Å². The first kappa shape index (κ1) is 17.7. The third kappa shape index (κ3) is 4.31. The van der Waals surface area contributed by atoms with Crippen molar-refractivity contribution in [3.05, 3.63) is 29.3 Å². The lowest BCUT2D eigenvalue weighted by Gasteiger charge is -2.30. The second kappa shape index (κ2) is 7.87.